The molecule has 0 amide bonds. The molecule has 1 aliphatic rings. The van der Waals surface area contributed by atoms with Crippen LogP contribution in [0.25, 0.3) is 0 Å². The summed E-state index contributed by atoms with van der Waals surface area (Å²) in [7, 11) is 5.61. The minimum Gasteiger partial charge on any atom is -0.366 e. The number of nitrogens with zero attached hydrogens (tertiary/aromatic N) is 5. The van der Waals surface area contributed by atoms with Gasteiger partial charge in [-0.25, -0.2) is 0 Å². The second-order valence-corrected chi connectivity index (χ2v) is 8.33. The minimum absolute atomic E-state index is 0.379. The first-order chi connectivity index (χ1) is 14.4. The third-order valence-electron chi connectivity index (χ3n) is 4.87. The molecule has 0 saturated carbocycles. The number of aromatic nitrogens is 1. The Kier molecular flexibility index (Phi) is 9.96. The van der Waals surface area contributed by atoms with E-state index in [2.05, 4.69) is 59.2 Å². The number of hydrogen-bond acceptors (Lipinski definition) is 6. The number of allylic oxidation sites excluding steroid dienone is 2. The number of likely N-dealkylation sites (tertiary alicyclic amines) is 1. The fourth-order valence-corrected chi connectivity index (χ4v) is 3.48. The third kappa shape index (κ3) is 7.53. The number of rotatable bonds is 8. The molecule has 1 aromatic heterocycles. The van der Waals surface area contributed by atoms with Gasteiger partial charge in [-0.3, -0.25) is 15.0 Å². The molecule has 0 atom stereocenters. The molecule has 7 nitrogen and oxygen atoms in total. The molecular weight excluding hydrogens is 462 g/mol. The number of nitrogens with one attached hydrogen (secondary N) is 2. The number of piperidine rings is 1. The van der Waals surface area contributed by atoms with Gasteiger partial charge in [-0.2, -0.15) is 5.10 Å². The normalized spacial score (nSPS) is 15.9. The van der Waals surface area contributed by atoms with Crippen LogP contribution < -0.4 is 10.6 Å². The van der Waals surface area contributed by atoms with Gasteiger partial charge in [0.1, 0.15) is 5.82 Å². The van der Waals surface area contributed by atoms with Gasteiger partial charge in [-0.15, -0.1) is 0 Å². The predicted molar refractivity (Wildman–Crippen MR) is 133 cm³/mol. The van der Waals surface area contributed by atoms with Crippen molar-refractivity contribution in [3.05, 3.63) is 53.0 Å². The zero-order chi connectivity index (χ0) is 21.9. The van der Waals surface area contributed by atoms with E-state index in [9.17, 15) is 0 Å². The number of aliphatic imine (C=N–C) groups is 1. The van der Waals surface area contributed by atoms with E-state index in [1.165, 1.54) is 0 Å². The van der Waals surface area contributed by atoms with Crippen LogP contribution in [0.5, 0.6) is 0 Å². The number of halogens is 1. The molecule has 0 radical (unpaired) electrons. The fourth-order valence-electron chi connectivity index (χ4n) is 3.21. The van der Waals surface area contributed by atoms with Crippen LogP contribution in [0.2, 0.25) is 0 Å². The number of hydrazone groups is 1. The van der Waals surface area contributed by atoms with Crippen molar-refractivity contribution in [2.75, 3.05) is 34.2 Å². The van der Waals surface area contributed by atoms with Crippen LogP contribution in [-0.2, 0) is 6.54 Å². The Morgan fingerprint density at radius 1 is 1.47 bits per heavy atom. The zero-order valence-corrected chi connectivity index (χ0v) is 20.2. The summed E-state index contributed by atoms with van der Waals surface area (Å²) >= 11 is 8.68. The zero-order valence-electron chi connectivity index (χ0n) is 17.8. The summed E-state index contributed by atoms with van der Waals surface area (Å²) in [5, 5.41) is 13.6. The summed E-state index contributed by atoms with van der Waals surface area (Å²) in [5.41, 5.74) is 2.15. The highest BCUT2D eigenvalue weighted by Crippen LogP contribution is 2.20. The van der Waals surface area contributed by atoms with Gasteiger partial charge in [0.25, 0.3) is 0 Å². The van der Waals surface area contributed by atoms with Crippen molar-refractivity contribution in [2.45, 2.75) is 19.4 Å². The molecule has 2 N–H and O–H groups in total. The molecule has 1 aliphatic heterocycles. The van der Waals surface area contributed by atoms with Crippen molar-refractivity contribution >= 4 is 45.2 Å². The van der Waals surface area contributed by atoms with E-state index in [1.807, 2.05) is 39.5 Å². The average Bonchev–Trinajstić information content (AvgIpc) is 2.78. The van der Waals surface area contributed by atoms with Crippen molar-refractivity contribution in [3.63, 3.8) is 0 Å². The highest BCUT2D eigenvalue weighted by molar-refractivity contribution is 9.12. The maximum absolute atomic E-state index is 5.37. The molecule has 162 valence electrons. The second-order valence-electron chi connectivity index (χ2n) is 6.92. The van der Waals surface area contributed by atoms with Gasteiger partial charge in [0, 0.05) is 75.4 Å². The Bertz CT molecular complexity index is 799. The Morgan fingerprint density at radius 3 is 2.77 bits per heavy atom. The van der Waals surface area contributed by atoms with Crippen LogP contribution >= 0.6 is 28.1 Å². The molecule has 30 heavy (non-hydrogen) atoms. The Morgan fingerprint density at radius 2 is 2.20 bits per heavy atom. The molecule has 0 spiro atoms. The lowest BCUT2D eigenvalue weighted by atomic mass is 9.91. The lowest BCUT2D eigenvalue weighted by Crippen LogP contribution is -2.44. The summed E-state index contributed by atoms with van der Waals surface area (Å²) in [4.78, 5) is 11.0. The molecule has 2 rings (SSSR count). The first-order valence-corrected chi connectivity index (χ1v) is 11.0. The quantitative estimate of drug-likeness (QED) is 0.330. The molecular formula is C21H30BrN7S. The van der Waals surface area contributed by atoms with E-state index in [1.54, 1.807) is 17.4 Å². The maximum atomic E-state index is 5.37. The maximum Gasteiger partial charge on any atom is 0.168 e. The SMILES string of the molecule is C=C(Br)/C=N\N(C)/C(=C\C(=N/C)C1CCN(C(=S)NC)CC1)NCc1cccnc1. The monoisotopic (exact) mass is 491 g/mol. The van der Waals surface area contributed by atoms with Crippen LogP contribution in [-0.4, -0.2) is 66.2 Å². The second kappa shape index (κ2) is 12.4. The summed E-state index contributed by atoms with van der Waals surface area (Å²) in [6, 6.07) is 3.97. The lowest BCUT2D eigenvalue weighted by molar-refractivity contribution is 0.307. The van der Waals surface area contributed by atoms with E-state index in [0.29, 0.717) is 16.9 Å². The Labute approximate surface area is 193 Å². The van der Waals surface area contributed by atoms with Crippen LogP contribution in [0.4, 0.5) is 0 Å². The van der Waals surface area contributed by atoms with Crippen molar-refractivity contribution in [1.29, 1.82) is 0 Å². The first kappa shape index (κ1) is 24.0. The minimum atomic E-state index is 0.379. The molecule has 1 saturated heterocycles. The molecule has 2 heterocycles. The first-order valence-electron chi connectivity index (χ1n) is 9.84. The summed E-state index contributed by atoms with van der Waals surface area (Å²) in [6.07, 6.45) is 9.38. The van der Waals surface area contributed by atoms with Crippen molar-refractivity contribution < 1.29 is 0 Å². The highest BCUT2D eigenvalue weighted by atomic mass is 79.9. The lowest BCUT2D eigenvalue weighted by Gasteiger charge is -2.33. The van der Waals surface area contributed by atoms with E-state index in [-0.39, 0.29) is 0 Å². The van der Waals surface area contributed by atoms with Gasteiger partial charge in [-0.05, 0) is 52.6 Å². The van der Waals surface area contributed by atoms with Gasteiger partial charge >= 0.3 is 0 Å². The van der Waals surface area contributed by atoms with Crippen LogP contribution in [0, 0.1) is 5.92 Å². The standard InChI is InChI=1S/C21H30BrN7S/c1-16(22)13-27-28(4)20(26-15-17-6-5-9-25-14-17)12-19(23-2)18-7-10-29(11-8-18)21(30)24-3/h5-6,9,12-14,18,26H,1,7-8,10-11,15H2,2-4H3,(H,24,30)/b20-12-,23-19+,27-13-. The van der Waals surface area contributed by atoms with E-state index in [4.69, 9.17) is 12.2 Å². The molecule has 9 heteroatoms. The van der Waals surface area contributed by atoms with E-state index in [0.717, 1.165) is 48.1 Å². The van der Waals surface area contributed by atoms with Crippen LogP contribution in [0.15, 0.2) is 57.6 Å². The van der Waals surface area contributed by atoms with Gasteiger partial charge in [0.15, 0.2) is 5.11 Å². The van der Waals surface area contributed by atoms with Gasteiger partial charge in [-0.1, -0.05) is 12.6 Å². The van der Waals surface area contributed by atoms with Crippen molar-refractivity contribution in [2.24, 2.45) is 16.0 Å². The highest BCUT2D eigenvalue weighted by Gasteiger charge is 2.24. The number of thiocarbonyl (C=S) groups is 1. The average molecular weight is 492 g/mol. The predicted octanol–water partition coefficient (Wildman–Crippen LogP) is 3.13. The summed E-state index contributed by atoms with van der Waals surface area (Å²) < 4.78 is 0.707. The molecule has 0 unspecified atom stereocenters. The molecule has 1 fully saturated rings. The topological polar surface area (TPSA) is 68.2 Å². The Balaban J connectivity index is 2.15. The Hall–Kier alpha value is -2.26. The van der Waals surface area contributed by atoms with Crippen LogP contribution in [0.3, 0.4) is 0 Å². The van der Waals surface area contributed by atoms with E-state index < -0.39 is 0 Å². The number of pyridine rings is 1. The molecule has 0 aliphatic carbocycles. The third-order valence-corrected chi connectivity index (χ3v) is 5.54. The van der Waals surface area contributed by atoms with Gasteiger partial charge in [0.05, 0.1) is 6.21 Å². The molecule has 0 aromatic carbocycles. The number of hydrogen-bond donors (Lipinski definition) is 2. The van der Waals surface area contributed by atoms with Crippen molar-refractivity contribution in [3.8, 4) is 0 Å². The van der Waals surface area contributed by atoms with Crippen LogP contribution in [0.1, 0.15) is 18.4 Å². The van der Waals surface area contributed by atoms with Gasteiger partial charge in [0.2, 0.25) is 0 Å². The molecule has 0 bridgehead atoms. The van der Waals surface area contributed by atoms with Gasteiger partial charge < -0.3 is 15.5 Å². The fraction of sp³-hybridized carbons (Fsp3) is 0.429. The van der Waals surface area contributed by atoms with E-state index >= 15 is 0 Å². The molecule has 1 aromatic rings. The largest absolute Gasteiger partial charge is 0.366 e. The van der Waals surface area contributed by atoms with Crippen molar-refractivity contribution in [1.82, 2.24) is 25.5 Å². The summed E-state index contributed by atoms with van der Waals surface area (Å²) in [5.74, 6) is 1.24. The summed E-state index contributed by atoms with van der Waals surface area (Å²) in [6.45, 7) is 6.29. The smallest absolute Gasteiger partial charge is 0.168 e.